The molecule has 0 unspecified atom stereocenters. The number of amides is 2. The molecule has 0 radical (unpaired) electrons. The van der Waals surface area contributed by atoms with Gasteiger partial charge in [0, 0.05) is 23.2 Å². The molecule has 2 amide bonds. The highest BCUT2D eigenvalue weighted by atomic mass is 16.2. The van der Waals surface area contributed by atoms with E-state index in [1.54, 1.807) is 42.5 Å². The number of aryl methyl sites for hydroxylation is 2. The molecule has 0 bridgehead atoms. The Kier molecular flexibility index (Phi) is 9.19. The molecule has 4 aromatic carbocycles. The molecule has 0 aliphatic rings. The lowest BCUT2D eigenvalue weighted by Crippen LogP contribution is -2.18. The van der Waals surface area contributed by atoms with Gasteiger partial charge in [0.15, 0.2) is 5.78 Å². The first-order chi connectivity index (χ1) is 18.5. The van der Waals surface area contributed by atoms with E-state index in [0.29, 0.717) is 28.9 Å². The van der Waals surface area contributed by atoms with Crippen LogP contribution in [0.1, 0.15) is 51.9 Å². The van der Waals surface area contributed by atoms with Crippen LogP contribution in [0.2, 0.25) is 0 Å². The van der Waals surface area contributed by atoms with Crippen LogP contribution in [0, 0.1) is 6.92 Å². The van der Waals surface area contributed by atoms with E-state index in [-0.39, 0.29) is 24.0 Å². The van der Waals surface area contributed by atoms with Crippen molar-refractivity contribution in [3.8, 4) is 0 Å². The molecule has 0 saturated heterocycles. The number of benzene rings is 4. The van der Waals surface area contributed by atoms with Gasteiger partial charge in [0.1, 0.15) is 0 Å². The first kappa shape index (κ1) is 26.6. The molecular formula is C33H32N2O3. The van der Waals surface area contributed by atoms with Crippen molar-refractivity contribution >= 4 is 29.0 Å². The minimum absolute atomic E-state index is 0.104. The van der Waals surface area contributed by atoms with E-state index in [9.17, 15) is 14.4 Å². The summed E-state index contributed by atoms with van der Waals surface area (Å²) >= 11 is 0. The van der Waals surface area contributed by atoms with Crippen molar-refractivity contribution in [3.63, 3.8) is 0 Å². The van der Waals surface area contributed by atoms with Gasteiger partial charge < -0.3 is 10.6 Å². The SMILES string of the molecule is Cc1ccc(CC(=O)Nc2ccc(NC(=O)CCCCc3ccccc3)cc2C(=O)c2ccccc2)cc1. The maximum absolute atomic E-state index is 13.4. The van der Waals surface area contributed by atoms with Crippen molar-refractivity contribution in [2.24, 2.45) is 0 Å². The Hall–Kier alpha value is -4.51. The Morgan fingerprint density at radius 3 is 2.05 bits per heavy atom. The largest absolute Gasteiger partial charge is 0.326 e. The maximum Gasteiger partial charge on any atom is 0.228 e. The van der Waals surface area contributed by atoms with Crippen LogP contribution in [0.15, 0.2) is 103 Å². The van der Waals surface area contributed by atoms with Crippen LogP contribution in [0.25, 0.3) is 0 Å². The molecule has 2 N–H and O–H groups in total. The first-order valence-electron chi connectivity index (χ1n) is 12.9. The van der Waals surface area contributed by atoms with Gasteiger partial charge in [-0.15, -0.1) is 0 Å². The molecule has 0 aliphatic heterocycles. The minimum atomic E-state index is -0.227. The van der Waals surface area contributed by atoms with Crippen molar-refractivity contribution < 1.29 is 14.4 Å². The fourth-order valence-corrected chi connectivity index (χ4v) is 4.23. The second kappa shape index (κ2) is 13.2. The zero-order valence-electron chi connectivity index (χ0n) is 21.6. The summed E-state index contributed by atoms with van der Waals surface area (Å²) in [6.07, 6.45) is 3.20. The quantitative estimate of drug-likeness (QED) is 0.175. The predicted molar refractivity (Wildman–Crippen MR) is 152 cm³/mol. The second-order valence-electron chi connectivity index (χ2n) is 9.41. The highest BCUT2D eigenvalue weighted by Crippen LogP contribution is 2.25. The summed E-state index contributed by atoms with van der Waals surface area (Å²) in [5.74, 6) is -0.548. The van der Waals surface area contributed by atoms with E-state index in [2.05, 4.69) is 22.8 Å². The highest BCUT2D eigenvalue weighted by Gasteiger charge is 2.17. The molecule has 0 saturated carbocycles. The average Bonchev–Trinajstić information content (AvgIpc) is 2.94. The topological polar surface area (TPSA) is 75.3 Å². The zero-order chi connectivity index (χ0) is 26.7. The van der Waals surface area contributed by atoms with E-state index < -0.39 is 0 Å². The van der Waals surface area contributed by atoms with Gasteiger partial charge in [-0.2, -0.15) is 0 Å². The number of carbonyl (C=O) groups excluding carboxylic acids is 3. The maximum atomic E-state index is 13.4. The summed E-state index contributed by atoms with van der Waals surface area (Å²) < 4.78 is 0. The Labute approximate surface area is 223 Å². The number of hydrogen-bond donors (Lipinski definition) is 2. The monoisotopic (exact) mass is 504 g/mol. The van der Waals surface area contributed by atoms with Crippen molar-refractivity contribution in [3.05, 3.63) is 131 Å². The number of ketones is 1. The molecule has 4 aromatic rings. The molecule has 5 heteroatoms. The number of unbranched alkanes of at least 4 members (excludes halogenated alkanes) is 1. The first-order valence-corrected chi connectivity index (χ1v) is 12.9. The Morgan fingerprint density at radius 1 is 0.658 bits per heavy atom. The van der Waals surface area contributed by atoms with Gasteiger partial charge in [-0.3, -0.25) is 14.4 Å². The van der Waals surface area contributed by atoms with Crippen LogP contribution in [0.5, 0.6) is 0 Å². The third-order valence-electron chi connectivity index (χ3n) is 6.31. The summed E-state index contributed by atoms with van der Waals surface area (Å²) in [7, 11) is 0. The molecule has 0 aromatic heterocycles. The third kappa shape index (κ3) is 7.74. The second-order valence-corrected chi connectivity index (χ2v) is 9.41. The minimum Gasteiger partial charge on any atom is -0.326 e. The van der Waals surface area contributed by atoms with Gasteiger partial charge in [-0.25, -0.2) is 0 Å². The lowest BCUT2D eigenvalue weighted by atomic mass is 10.0. The number of rotatable bonds is 11. The molecule has 38 heavy (non-hydrogen) atoms. The average molecular weight is 505 g/mol. The van der Waals surface area contributed by atoms with E-state index in [4.69, 9.17) is 0 Å². The fraction of sp³-hybridized carbons (Fsp3) is 0.182. The van der Waals surface area contributed by atoms with Gasteiger partial charge in [-0.1, -0.05) is 90.5 Å². The van der Waals surface area contributed by atoms with Gasteiger partial charge in [-0.05, 0) is 55.5 Å². The van der Waals surface area contributed by atoms with Gasteiger partial charge in [0.2, 0.25) is 11.8 Å². The van der Waals surface area contributed by atoms with Crippen molar-refractivity contribution in [2.45, 2.75) is 39.0 Å². The molecule has 0 atom stereocenters. The van der Waals surface area contributed by atoms with E-state index in [0.717, 1.165) is 30.4 Å². The van der Waals surface area contributed by atoms with Crippen LogP contribution >= 0.6 is 0 Å². The normalized spacial score (nSPS) is 10.6. The van der Waals surface area contributed by atoms with E-state index in [1.807, 2.05) is 55.5 Å². The Bertz CT molecular complexity index is 1380. The van der Waals surface area contributed by atoms with E-state index >= 15 is 0 Å². The van der Waals surface area contributed by atoms with Crippen LogP contribution in [0.3, 0.4) is 0 Å². The number of anilines is 2. The van der Waals surface area contributed by atoms with Crippen molar-refractivity contribution in [2.75, 3.05) is 10.6 Å². The fourth-order valence-electron chi connectivity index (χ4n) is 4.23. The molecule has 4 rings (SSSR count). The number of hydrogen-bond acceptors (Lipinski definition) is 3. The van der Waals surface area contributed by atoms with Gasteiger partial charge in [0.05, 0.1) is 12.1 Å². The summed E-state index contributed by atoms with van der Waals surface area (Å²) in [5.41, 5.74) is 5.04. The van der Waals surface area contributed by atoms with Gasteiger partial charge >= 0.3 is 0 Å². The van der Waals surface area contributed by atoms with Crippen LogP contribution in [-0.2, 0) is 22.4 Å². The lowest BCUT2D eigenvalue weighted by molar-refractivity contribution is -0.116. The van der Waals surface area contributed by atoms with Crippen LogP contribution < -0.4 is 10.6 Å². The molecule has 192 valence electrons. The highest BCUT2D eigenvalue weighted by molar-refractivity contribution is 6.14. The summed E-state index contributed by atoms with van der Waals surface area (Å²) in [5, 5.41) is 5.80. The standard InChI is InChI=1S/C33H32N2O3/c1-24-16-18-26(19-17-24)22-32(37)35-30-21-20-28(23-29(30)33(38)27-13-6-3-7-14-27)34-31(36)15-9-8-12-25-10-4-2-5-11-25/h2-7,10-11,13-14,16-21,23H,8-9,12,15,22H2,1H3,(H,34,36)(H,35,37). The van der Waals surface area contributed by atoms with Gasteiger partial charge in [0.25, 0.3) is 0 Å². The zero-order valence-corrected chi connectivity index (χ0v) is 21.6. The van der Waals surface area contributed by atoms with E-state index in [1.165, 1.54) is 5.56 Å². The van der Waals surface area contributed by atoms with Crippen molar-refractivity contribution in [1.29, 1.82) is 0 Å². The number of carbonyl (C=O) groups is 3. The summed E-state index contributed by atoms with van der Waals surface area (Å²) in [4.78, 5) is 38.8. The van der Waals surface area contributed by atoms with Crippen LogP contribution in [-0.4, -0.2) is 17.6 Å². The predicted octanol–water partition coefficient (Wildman–Crippen LogP) is 6.76. The molecule has 0 aliphatic carbocycles. The molecule has 0 heterocycles. The number of nitrogens with one attached hydrogen (secondary N) is 2. The van der Waals surface area contributed by atoms with Crippen LogP contribution in [0.4, 0.5) is 11.4 Å². The molecular weight excluding hydrogens is 472 g/mol. The Balaban J connectivity index is 1.43. The lowest BCUT2D eigenvalue weighted by Gasteiger charge is -2.14. The summed E-state index contributed by atoms with van der Waals surface area (Å²) in [6.45, 7) is 2.00. The van der Waals surface area contributed by atoms with Crippen molar-refractivity contribution in [1.82, 2.24) is 0 Å². The third-order valence-corrected chi connectivity index (χ3v) is 6.31. The smallest absolute Gasteiger partial charge is 0.228 e. The molecule has 0 fully saturated rings. The summed E-state index contributed by atoms with van der Waals surface area (Å²) in [6, 6.07) is 31.9. The Morgan fingerprint density at radius 2 is 1.34 bits per heavy atom. The molecule has 5 nitrogen and oxygen atoms in total. The molecule has 0 spiro atoms.